The summed E-state index contributed by atoms with van der Waals surface area (Å²) in [7, 11) is 0. The monoisotopic (exact) mass is 474 g/mol. The van der Waals surface area contributed by atoms with E-state index < -0.39 is 11.9 Å². The van der Waals surface area contributed by atoms with Crippen LogP contribution in [-0.4, -0.2) is 30.2 Å². The van der Waals surface area contributed by atoms with E-state index in [2.05, 4.69) is 6.92 Å². The molecule has 0 spiro atoms. The molecule has 1 saturated carbocycles. The first-order valence-corrected chi connectivity index (χ1v) is 12.3. The van der Waals surface area contributed by atoms with Crippen molar-refractivity contribution in [3.05, 3.63) is 53.6 Å². The fraction of sp³-hybridized carbons (Fsp3) is 0.429. The van der Waals surface area contributed by atoms with E-state index >= 15 is 0 Å². The van der Waals surface area contributed by atoms with Crippen molar-refractivity contribution < 1.29 is 23.9 Å². The predicted molar refractivity (Wildman–Crippen MR) is 131 cm³/mol. The first-order chi connectivity index (χ1) is 16.7. The molecule has 3 amide bonds. The highest BCUT2D eigenvalue weighted by molar-refractivity contribution is 6.22. The number of benzene rings is 2. The van der Waals surface area contributed by atoms with E-state index in [-0.39, 0.29) is 48.3 Å². The molecule has 2 aliphatic heterocycles. The van der Waals surface area contributed by atoms with Gasteiger partial charge in [-0.15, -0.1) is 0 Å². The lowest BCUT2D eigenvalue weighted by Crippen LogP contribution is -2.31. The van der Waals surface area contributed by atoms with Crippen LogP contribution >= 0.6 is 0 Å². The minimum Gasteiger partial charge on any atom is -0.426 e. The molecule has 3 aliphatic rings. The Balaban J connectivity index is 1.29. The van der Waals surface area contributed by atoms with E-state index in [1.54, 1.807) is 29.2 Å². The van der Waals surface area contributed by atoms with Crippen LogP contribution < -0.4 is 14.5 Å². The molecule has 0 aromatic heterocycles. The van der Waals surface area contributed by atoms with Crippen molar-refractivity contribution in [2.75, 3.05) is 16.3 Å². The smallest absolute Gasteiger partial charge is 0.316 e. The fourth-order valence-corrected chi connectivity index (χ4v) is 5.54. The first kappa shape index (κ1) is 23.3. The van der Waals surface area contributed by atoms with Gasteiger partial charge < -0.3 is 9.64 Å². The van der Waals surface area contributed by atoms with Crippen molar-refractivity contribution >= 4 is 35.1 Å². The fourth-order valence-electron chi connectivity index (χ4n) is 5.54. The summed E-state index contributed by atoms with van der Waals surface area (Å²) < 4.78 is 5.61. The lowest BCUT2D eigenvalue weighted by atomic mass is 9.76. The Kier molecular flexibility index (Phi) is 5.95. The number of aryl methyl sites for hydroxylation is 2. The van der Waals surface area contributed by atoms with Crippen LogP contribution in [0.1, 0.15) is 43.7 Å². The van der Waals surface area contributed by atoms with Crippen LogP contribution in [0.15, 0.2) is 42.5 Å². The third kappa shape index (κ3) is 4.24. The van der Waals surface area contributed by atoms with E-state index in [4.69, 9.17) is 4.74 Å². The Morgan fingerprint density at radius 3 is 2.46 bits per heavy atom. The van der Waals surface area contributed by atoms with Crippen LogP contribution in [0.25, 0.3) is 0 Å². The van der Waals surface area contributed by atoms with Crippen LogP contribution in [0.3, 0.4) is 0 Å². The maximum absolute atomic E-state index is 13.0. The summed E-state index contributed by atoms with van der Waals surface area (Å²) in [6, 6.07) is 12.4. The predicted octanol–water partition coefficient (Wildman–Crippen LogP) is 4.19. The standard InChI is InChI=1S/C28H30N2O5/c1-16-7-10-23-24(11-16)27(33)30(26(23)32)21-5-4-6-22(14-21)35-28(34)19-13-25(31)29(15-19)20-9-8-17(2)18(3)12-20/h4-6,8-9,12,14,16,19,23-24H,7,10-11,13,15H2,1-3H3/t16-,19+,23+,24+/m0/s1. The number of anilines is 2. The second-order valence-electron chi connectivity index (χ2n) is 10.2. The van der Waals surface area contributed by atoms with E-state index in [0.717, 1.165) is 36.1 Å². The Hall–Kier alpha value is -3.48. The average molecular weight is 475 g/mol. The second kappa shape index (κ2) is 8.95. The minimum atomic E-state index is -0.591. The molecule has 7 nitrogen and oxygen atoms in total. The van der Waals surface area contributed by atoms with Crippen molar-refractivity contribution in [2.45, 2.75) is 46.5 Å². The summed E-state index contributed by atoms with van der Waals surface area (Å²) in [5.74, 6) is -1.37. The first-order valence-electron chi connectivity index (χ1n) is 12.3. The molecule has 5 rings (SSSR count). The van der Waals surface area contributed by atoms with Gasteiger partial charge in [-0.05, 0) is 74.4 Å². The van der Waals surface area contributed by atoms with Gasteiger partial charge in [0.05, 0.1) is 23.4 Å². The lowest BCUT2D eigenvalue weighted by molar-refractivity contribution is -0.139. The zero-order chi connectivity index (χ0) is 24.9. The van der Waals surface area contributed by atoms with Crippen molar-refractivity contribution in [3.63, 3.8) is 0 Å². The number of fused-ring (bicyclic) bond motifs is 1. The number of imide groups is 1. The van der Waals surface area contributed by atoms with Gasteiger partial charge in [0.25, 0.3) is 0 Å². The van der Waals surface area contributed by atoms with Gasteiger partial charge in [0.2, 0.25) is 17.7 Å². The summed E-state index contributed by atoms with van der Waals surface area (Å²) >= 11 is 0. The van der Waals surface area contributed by atoms with E-state index in [1.807, 2.05) is 32.0 Å². The summed E-state index contributed by atoms with van der Waals surface area (Å²) in [6.45, 7) is 6.37. The van der Waals surface area contributed by atoms with Crippen molar-refractivity contribution in [2.24, 2.45) is 23.7 Å². The van der Waals surface area contributed by atoms with Gasteiger partial charge in [0.15, 0.2) is 0 Å². The zero-order valence-electron chi connectivity index (χ0n) is 20.3. The topological polar surface area (TPSA) is 84.0 Å². The quantitative estimate of drug-likeness (QED) is 0.377. The van der Waals surface area contributed by atoms with E-state index in [1.165, 1.54) is 4.90 Å². The Labute approximate surface area is 205 Å². The SMILES string of the molecule is Cc1ccc(N2C[C@H](C(=O)Oc3cccc(N4C(=O)[C@@H]5CC[C@H](C)C[C@H]5C4=O)c3)CC2=O)cc1C. The summed E-state index contributed by atoms with van der Waals surface area (Å²) in [6.07, 6.45) is 2.49. The normalized spacial score (nSPS) is 26.3. The van der Waals surface area contributed by atoms with Gasteiger partial charge in [-0.2, -0.15) is 0 Å². The van der Waals surface area contributed by atoms with Gasteiger partial charge in [-0.25, -0.2) is 4.90 Å². The molecule has 0 N–H and O–H groups in total. The Bertz CT molecular complexity index is 1220. The molecule has 2 heterocycles. The molecule has 7 heteroatoms. The van der Waals surface area contributed by atoms with Gasteiger partial charge in [-0.1, -0.05) is 19.1 Å². The third-order valence-corrected chi connectivity index (χ3v) is 7.74. The highest BCUT2D eigenvalue weighted by atomic mass is 16.5. The number of rotatable bonds is 4. The van der Waals surface area contributed by atoms with E-state index in [0.29, 0.717) is 11.6 Å². The average Bonchev–Trinajstić information content (AvgIpc) is 3.33. The number of hydrogen-bond acceptors (Lipinski definition) is 5. The number of hydrogen-bond donors (Lipinski definition) is 0. The van der Waals surface area contributed by atoms with Crippen LogP contribution in [0.2, 0.25) is 0 Å². The maximum atomic E-state index is 13.0. The number of carbonyl (C=O) groups is 4. The van der Waals surface area contributed by atoms with Crippen molar-refractivity contribution in [1.82, 2.24) is 0 Å². The molecule has 2 aromatic carbocycles. The number of nitrogens with zero attached hydrogens (tertiary/aromatic N) is 2. The number of amides is 3. The molecule has 3 fully saturated rings. The minimum absolute atomic E-state index is 0.0795. The summed E-state index contributed by atoms with van der Waals surface area (Å²) in [5, 5.41) is 0. The molecule has 0 bridgehead atoms. The van der Waals surface area contributed by atoms with Gasteiger partial charge in [0, 0.05) is 24.7 Å². The molecule has 0 unspecified atom stereocenters. The molecule has 35 heavy (non-hydrogen) atoms. The van der Waals surface area contributed by atoms with E-state index in [9.17, 15) is 19.2 Å². The molecule has 0 radical (unpaired) electrons. The Morgan fingerprint density at radius 2 is 1.69 bits per heavy atom. The summed E-state index contributed by atoms with van der Waals surface area (Å²) in [4.78, 5) is 54.5. The van der Waals surface area contributed by atoms with Crippen molar-refractivity contribution in [1.29, 1.82) is 0 Å². The molecule has 2 saturated heterocycles. The number of ether oxygens (including phenoxy) is 1. The summed E-state index contributed by atoms with van der Waals surface area (Å²) in [5.41, 5.74) is 3.42. The lowest BCUT2D eigenvalue weighted by Gasteiger charge is -2.25. The van der Waals surface area contributed by atoms with Gasteiger partial charge >= 0.3 is 5.97 Å². The molecule has 182 valence electrons. The van der Waals surface area contributed by atoms with Crippen LogP contribution in [0.4, 0.5) is 11.4 Å². The van der Waals surface area contributed by atoms with Gasteiger partial charge in [0.1, 0.15) is 5.75 Å². The van der Waals surface area contributed by atoms with Crippen molar-refractivity contribution in [3.8, 4) is 5.75 Å². The molecule has 4 atom stereocenters. The number of esters is 1. The molecule has 1 aliphatic carbocycles. The van der Waals surface area contributed by atoms with Crippen LogP contribution in [-0.2, 0) is 19.2 Å². The maximum Gasteiger partial charge on any atom is 0.316 e. The second-order valence-corrected chi connectivity index (χ2v) is 10.2. The molecular formula is C28H30N2O5. The third-order valence-electron chi connectivity index (χ3n) is 7.74. The highest BCUT2D eigenvalue weighted by Crippen LogP contribution is 2.42. The van der Waals surface area contributed by atoms with Crippen LogP contribution in [0.5, 0.6) is 5.75 Å². The van der Waals surface area contributed by atoms with Crippen LogP contribution in [0, 0.1) is 37.5 Å². The Morgan fingerprint density at radius 1 is 0.914 bits per heavy atom. The highest BCUT2D eigenvalue weighted by Gasteiger charge is 2.50. The number of carbonyl (C=O) groups excluding carboxylic acids is 4. The van der Waals surface area contributed by atoms with Gasteiger partial charge in [-0.3, -0.25) is 19.2 Å². The molecular weight excluding hydrogens is 444 g/mol. The largest absolute Gasteiger partial charge is 0.426 e. The molecule has 2 aromatic rings. The zero-order valence-corrected chi connectivity index (χ0v) is 20.3.